The summed E-state index contributed by atoms with van der Waals surface area (Å²) >= 11 is 1.47. The van der Waals surface area contributed by atoms with Crippen LogP contribution in [0, 0.1) is 13.8 Å². The molecule has 0 amide bonds. The molecule has 0 saturated heterocycles. The molecular formula is C14H15NO2S. The molecular weight excluding hydrogens is 246 g/mol. The Morgan fingerprint density at radius 2 is 2.11 bits per heavy atom. The van der Waals surface area contributed by atoms with E-state index in [-0.39, 0.29) is 5.69 Å². The van der Waals surface area contributed by atoms with Gasteiger partial charge in [-0.25, -0.2) is 9.78 Å². The molecule has 2 rings (SSSR count). The third-order valence-electron chi connectivity index (χ3n) is 2.80. The fourth-order valence-electron chi connectivity index (χ4n) is 1.91. The van der Waals surface area contributed by atoms with Gasteiger partial charge in [-0.15, -0.1) is 11.3 Å². The molecule has 1 heterocycles. The summed E-state index contributed by atoms with van der Waals surface area (Å²) in [5.41, 5.74) is 3.40. The van der Waals surface area contributed by atoms with Gasteiger partial charge in [-0.3, -0.25) is 0 Å². The fraction of sp³-hybridized carbons (Fsp3) is 0.286. The first-order valence-electron chi connectivity index (χ1n) is 5.83. The summed E-state index contributed by atoms with van der Waals surface area (Å²) in [5.74, 6) is -0.957. The van der Waals surface area contributed by atoms with E-state index in [0.717, 1.165) is 27.4 Å². The van der Waals surface area contributed by atoms with Crippen LogP contribution in [-0.2, 0) is 6.42 Å². The summed E-state index contributed by atoms with van der Waals surface area (Å²) in [6.07, 6.45) is 0.760. The Bertz CT molecular complexity index is 602. The number of rotatable bonds is 3. The van der Waals surface area contributed by atoms with Gasteiger partial charge in [-0.05, 0) is 31.4 Å². The molecule has 4 heteroatoms. The van der Waals surface area contributed by atoms with E-state index in [0.29, 0.717) is 0 Å². The smallest absolute Gasteiger partial charge is 0.356 e. The number of carbonyl (C=O) groups is 1. The molecule has 0 atom stereocenters. The van der Waals surface area contributed by atoms with E-state index in [1.54, 1.807) is 0 Å². The van der Waals surface area contributed by atoms with E-state index in [2.05, 4.69) is 11.1 Å². The van der Waals surface area contributed by atoms with E-state index >= 15 is 0 Å². The van der Waals surface area contributed by atoms with Crippen LogP contribution < -0.4 is 0 Å². The largest absolute Gasteiger partial charge is 0.476 e. The minimum absolute atomic E-state index is 0.170. The van der Waals surface area contributed by atoms with Crippen LogP contribution in [0.3, 0.4) is 0 Å². The van der Waals surface area contributed by atoms with Crippen LogP contribution >= 0.6 is 11.3 Å². The average Bonchev–Trinajstić information content (AvgIpc) is 2.73. The first kappa shape index (κ1) is 12.8. The number of aryl methyl sites for hydroxylation is 3. The molecule has 0 spiro atoms. The number of hydrogen-bond donors (Lipinski definition) is 1. The molecule has 0 fully saturated rings. The van der Waals surface area contributed by atoms with E-state index < -0.39 is 5.97 Å². The minimum Gasteiger partial charge on any atom is -0.476 e. The summed E-state index contributed by atoms with van der Waals surface area (Å²) < 4.78 is 0. The summed E-state index contributed by atoms with van der Waals surface area (Å²) in [5, 5.41) is 10.1. The maximum absolute atomic E-state index is 11.2. The van der Waals surface area contributed by atoms with Gasteiger partial charge in [0.2, 0.25) is 0 Å². The zero-order chi connectivity index (χ0) is 13.3. The predicted molar refractivity (Wildman–Crippen MR) is 73.4 cm³/mol. The molecule has 0 radical (unpaired) electrons. The Morgan fingerprint density at radius 3 is 2.67 bits per heavy atom. The standard InChI is InChI=1S/C14H15NO2S/c1-4-11-15-12(14(16)17)13(18-11)10-6-5-8(2)7-9(10)3/h5-7H,4H2,1-3H3,(H,16,17). The summed E-state index contributed by atoms with van der Waals surface area (Å²) in [7, 11) is 0. The van der Waals surface area contributed by atoms with Crippen LogP contribution in [0.2, 0.25) is 0 Å². The van der Waals surface area contributed by atoms with Crippen LogP contribution in [0.15, 0.2) is 18.2 Å². The maximum Gasteiger partial charge on any atom is 0.356 e. The van der Waals surface area contributed by atoms with Crippen molar-refractivity contribution < 1.29 is 9.90 Å². The van der Waals surface area contributed by atoms with Gasteiger partial charge in [-0.2, -0.15) is 0 Å². The van der Waals surface area contributed by atoms with E-state index in [9.17, 15) is 9.90 Å². The van der Waals surface area contributed by atoms with Crippen LogP contribution in [-0.4, -0.2) is 16.1 Å². The quantitative estimate of drug-likeness (QED) is 0.916. The monoisotopic (exact) mass is 261 g/mol. The highest BCUT2D eigenvalue weighted by atomic mass is 32.1. The van der Waals surface area contributed by atoms with Crippen molar-refractivity contribution in [2.75, 3.05) is 0 Å². The number of nitrogens with zero attached hydrogens (tertiary/aromatic N) is 1. The van der Waals surface area contributed by atoms with Gasteiger partial charge in [0.15, 0.2) is 5.69 Å². The third kappa shape index (κ3) is 2.29. The summed E-state index contributed by atoms with van der Waals surface area (Å²) in [4.78, 5) is 16.2. The lowest BCUT2D eigenvalue weighted by atomic mass is 10.0. The van der Waals surface area contributed by atoms with Gasteiger partial charge in [-0.1, -0.05) is 30.7 Å². The number of aromatic carboxylic acids is 1. The van der Waals surface area contributed by atoms with E-state index in [1.807, 2.05) is 32.9 Å². The predicted octanol–water partition coefficient (Wildman–Crippen LogP) is 3.69. The molecule has 94 valence electrons. The second kappa shape index (κ2) is 4.90. The lowest BCUT2D eigenvalue weighted by Gasteiger charge is -2.05. The van der Waals surface area contributed by atoms with Gasteiger partial charge < -0.3 is 5.11 Å². The van der Waals surface area contributed by atoms with Crippen molar-refractivity contribution in [1.82, 2.24) is 4.98 Å². The number of thiazole rings is 1. The topological polar surface area (TPSA) is 50.2 Å². The lowest BCUT2D eigenvalue weighted by molar-refractivity contribution is 0.0692. The summed E-state index contributed by atoms with van der Waals surface area (Å²) in [6, 6.07) is 6.04. The normalized spacial score (nSPS) is 10.6. The third-order valence-corrected chi connectivity index (χ3v) is 4.04. The Balaban J connectivity index is 2.62. The molecule has 1 aromatic heterocycles. The van der Waals surface area contributed by atoms with E-state index in [1.165, 1.54) is 16.9 Å². The van der Waals surface area contributed by atoms with Crippen molar-refractivity contribution in [3.8, 4) is 10.4 Å². The van der Waals surface area contributed by atoms with Crippen molar-refractivity contribution in [1.29, 1.82) is 0 Å². The summed E-state index contributed by atoms with van der Waals surface area (Å²) in [6.45, 7) is 6.01. The van der Waals surface area contributed by atoms with Gasteiger partial charge >= 0.3 is 5.97 Å². The number of carboxylic acid groups (broad SMARTS) is 1. The second-order valence-electron chi connectivity index (χ2n) is 4.26. The first-order valence-corrected chi connectivity index (χ1v) is 6.65. The molecule has 18 heavy (non-hydrogen) atoms. The molecule has 1 N–H and O–H groups in total. The molecule has 0 unspecified atom stereocenters. The van der Waals surface area contributed by atoms with Gasteiger partial charge in [0.1, 0.15) is 0 Å². The van der Waals surface area contributed by atoms with Gasteiger partial charge in [0.05, 0.1) is 9.88 Å². The number of aromatic nitrogens is 1. The maximum atomic E-state index is 11.2. The molecule has 3 nitrogen and oxygen atoms in total. The Labute approximate surface area is 110 Å². The molecule has 0 aliphatic carbocycles. The highest BCUT2D eigenvalue weighted by Gasteiger charge is 2.19. The second-order valence-corrected chi connectivity index (χ2v) is 5.35. The molecule has 2 aromatic rings. The molecule has 0 aliphatic rings. The Morgan fingerprint density at radius 1 is 1.39 bits per heavy atom. The molecule has 0 bridgehead atoms. The van der Waals surface area contributed by atoms with Gasteiger partial charge in [0.25, 0.3) is 0 Å². The van der Waals surface area contributed by atoms with Crippen LogP contribution in [0.5, 0.6) is 0 Å². The SMILES string of the molecule is CCc1nc(C(=O)O)c(-c2ccc(C)cc2C)s1. The van der Waals surface area contributed by atoms with Crippen LogP contribution in [0.25, 0.3) is 10.4 Å². The van der Waals surface area contributed by atoms with Crippen LogP contribution in [0.4, 0.5) is 0 Å². The van der Waals surface area contributed by atoms with Gasteiger partial charge in [0, 0.05) is 0 Å². The van der Waals surface area contributed by atoms with Crippen molar-refractivity contribution in [2.24, 2.45) is 0 Å². The molecule has 0 aliphatic heterocycles. The van der Waals surface area contributed by atoms with Crippen molar-refractivity contribution in [2.45, 2.75) is 27.2 Å². The zero-order valence-electron chi connectivity index (χ0n) is 10.7. The highest BCUT2D eigenvalue weighted by Crippen LogP contribution is 2.33. The average molecular weight is 261 g/mol. The Kier molecular flexibility index (Phi) is 3.48. The Hall–Kier alpha value is -1.68. The number of benzene rings is 1. The van der Waals surface area contributed by atoms with E-state index in [4.69, 9.17) is 0 Å². The number of carboxylic acids is 1. The van der Waals surface area contributed by atoms with Crippen molar-refractivity contribution >= 4 is 17.3 Å². The minimum atomic E-state index is -0.957. The van der Waals surface area contributed by atoms with Crippen molar-refractivity contribution in [3.63, 3.8) is 0 Å². The molecule has 0 saturated carbocycles. The number of hydrogen-bond acceptors (Lipinski definition) is 3. The lowest BCUT2D eigenvalue weighted by Crippen LogP contribution is -1.99. The zero-order valence-corrected chi connectivity index (χ0v) is 11.5. The highest BCUT2D eigenvalue weighted by molar-refractivity contribution is 7.15. The first-order chi connectivity index (χ1) is 8.52. The van der Waals surface area contributed by atoms with Crippen molar-refractivity contribution in [3.05, 3.63) is 40.0 Å². The molecule has 1 aromatic carbocycles. The van der Waals surface area contributed by atoms with Crippen LogP contribution in [0.1, 0.15) is 33.5 Å². The fourth-order valence-corrected chi connectivity index (χ4v) is 3.00.